The summed E-state index contributed by atoms with van der Waals surface area (Å²) >= 11 is 0. The van der Waals surface area contributed by atoms with Crippen LogP contribution in [0.4, 0.5) is 8.78 Å². The van der Waals surface area contributed by atoms with Gasteiger partial charge in [-0.25, -0.2) is 4.79 Å². The fraction of sp³-hybridized carbons (Fsp3) is 0.875. The number of hydrogen-bond acceptors (Lipinski definition) is 6. The van der Waals surface area contributed by atoms with Gasteiger partial charge in [-0.2, -0.15) is 17.2 Å². The Morgan fingerprint density at radius 2 is 1.42 bits per heavy atom. The molecule has 0 saturated carbocycles. The number of ether oxygens (including phenoxy) is 2. The van der Waals surface area contributed by atoms with Gasteiger partial charge in [-0.15, -0.1) is 0 Å². The molecule has 26 heavy (non-hydrogen) atoms. The van der Waals surface area contributed by atoms with Gasteiger partial charge in [0.15, 0.2) is 0 Å². The average Bonchev–Trinajstić information content (AvgIpc) is 2.47. The summed E-state index contributed by atoms with van der Waals surface area (Å²) in [4.78, 5) is 23.3. The van der Waals surface area contributed by atoms with E-state index in [0.717, 1.165) is 0 Å². The Bertz CT molecular complexity index is 587. The Morgan fingerprint density at radius 3 is 1.77 bits per heavy atom. The molecule has 0 aliphatic rings. The molecule has 154 valence electrons. The van der Waals surface area contributed by atoms with Crippen molar-refractivity contribution in [1.29, 1.82) is 0 Å². The molecule has 0 aromatic rings. The number of carbonyl (C=O) groups is 2. The number of alkyl halides is 2. The van der Waals surface area contributed by atoms with Crippen molar-refractivity contribution < 1.29 is 40.8 Å². The SMILES string of the molecule is CC(C)CC(C)(C(=O)OCCCCOC(=O)C(F)(F)S(=O)(=O)O)C(C)C. The largest absolute Gasteiger partial charge is 0.465 e. The minimum absolute atomic E-state index is 0.0193. The molecule has 0 rings (SSSR count). The minimum atomic E-state index is -5.87. The van der Waals surface area contributed by atoms with Gasteiger partial charge in [0.1, 0.15) is 0 Å². The van der Waals surface area contributed by atoms with E-state index in [2.05, 4.69) is 4.74 Å². The predicted octanol–water partition coefficient (Wildman–Crippen LogP) is 3.04. The maximum Gasteiger partial charge on any atom is 0.465 e. The van der Waals surface area contributed by atoms with Crippen molar-refractivity contribution in [2.75, 3.05) is 13.2 Å². The van der Waals surface area contributed by atoms with Crippen LogP contribution < -0.4 is 0 Å². The number of esters is 2. The fourth-order valence-electron chi connectivity index (χ4n) is 2.29. The second kappa shape index (κ2) is 9.59. The summed E-state index contributed by atoms with van der Waals surface area (Å²) in [5, 5.41) is -5.00. The zero-order valence-electron chi connectivity index (χ0n) is 15.8. The minimum Gasteiger partial charge on any atom is -0.465 e. The summed E-state index contributed by atoms with van der Waals surface area (Å²) < 4.78 is 64.3. The van der Waals surface area contributed by atoms with Gasteiger partial charge in [-0.1, -0.05) is 27.7 Å². The van der Waals surface area contributed by atoms with E-state index in [0.29, 0.717) is 12.3 Å². The zero-order valence-corrected chi connectivity index (χ0v) is 16.6. The zero-order chi connectivity index (χ0) is 20.8. The van der Waals surface area contributed by atoms with E-state index in [1.54, 1.807) is 0 Å². The molecule has 0 aliphatic carbocycles. The first-order valence-corrected chi connectivity index (χ1v) is 9.79. The van der Waals surface area contributed by atoms with E-state index in [1.807, 2.05) is 34.6 Å². The first-order valence-electron chi connectivity index (χ1n) is 8.35. The van der Waals surface area contributed by atoms with Crippen LogP contribution >= 0.6 is 0 Å². The van der Waals surface area contributed by atoms with Crippen molar-refractivity contribution >= 4 is 22.1 Å². The van der Waals surface area contributed by atoms with Gasteiger partial charge in [0.25, 0.3) is 0 Å². The van der Waals surface area contributed by atoms with E-state index >= 15 is 0 Å². The van der Waals surface area contributed by atoms with Gasteiger partial charge < -0.3 is 9.47 Å². The van der Waals surface area contributed by atoms with Crippen LogP contribution in [0.5, 0.6) is 0 Å². The molecule has 10 heteroatoms. The van der Waals surface area contributed by atoms with Crippen LogP contribution in [0.2, 0.25) is 0 Å². The van der Waals surface area contributed by atoms with Crippen LogP contribution in [0.15, 0.2) is 0 Å². The average molecular weight is 402 g/mol. The summed E-state index contributed by atoms with van der Waals surface area (Å²) in [5.74, 6) is -2.32. The molecule has 1 atom stereocenters. The maximum atomic E-state index is 12.9. The first kappa shape index (κ1) is 24.7. The highest BCUT2D eigenvalue weighted by Crippen LogP contribution is 2.35. The van der Waals surface area contributed by atoms with Gasteiger partial charge in [-0.3, -0.25) is 9.35 Å². The molecule has 0 fully saturated rings. The Hall–Kier alpha value is -1.29. The van der Waals surface area contributed by atoms with Crippen LogP contribution in [0.3, 0.4) is 0 Å². The van der Waals surface area contributed by atoms with Gasteiger partial charge in [0.2, 0.25) is 0 Å². The van der Waals surface area contributed by atoms with Crippen molar-refractivity contribution in [3.63, 3.8) is 0 Å². The van der Waals surface area contributed by atoms with Gasteiger partial charge in [-0.05, 0) is 38.0 Å². The Balaban J connectivity index is 4.32. The van der Waals surface area contributed by atoms with Crippen LogP contribution in [0, 0.1) is 17.3 Å². The number of halogens is 2. The second-order valence-corrected chi connectivity index (χ2v) is 8.60. The molecule has 1 unspecified atom stereocenters. The van der Waals surface area contributed by atoms with Crippen LogP contribution in [0.25, 0.3) is 0 Å². The van der Waals surface area contributed by atoms with E-state index in [-0.39, 0.29) is 31.3 Å². The highest BCUT2D eigenvalue weighted by Gasteiger charge is 2.54. The lowest BCUT2D eigenvalue weighted by atomic mass is 9.73. The summed E-state index contributed by atoms with van der Waals surface area (Å²) in [7, 11) is -5.87. The third kappa shape index (κ3) is 6.79. The molecule has 0 saturated heterocycles. The quantitative estimate of drug-likeness (QED) is 0.321. The molecule has 0 aromatic heterocycles. The lowest BCUT2D eigenvalue weighted by Gasteiger charge is -2.32. The normalized spacial score (nSPS) is 15.0. The van der Waals surface area contributed by atoms with Crippen molar-refractivity contribution in [1.82, 2.24) is 0 Å². The topological polar surface area (TPSA) is 107 Å². The van der Waals surface area contributed by atoms with Crippen molar-refractivity contribution in [3.05, 3.63) is 0 Å². The third-order valence-electron chi connectivity index (χ3n) is 4.14. The third-order valence-corrected chi connectivity index (χ3v) is 4.95. The summed E-state index contributed by atoms with van der Waals surface area (Å²) in [6, 6.07) is 0. The standard InChI is InChI=1S/C16H28F2O7S/c1-11(2)10-15(5,12(3)4)13(19)24-8-6-7-9-25-14(20)16(17,18)26(21,22)23/h11-12H,6-10H2,1-5H3,(H,21,22,23). The smallest absolute Gasteiger partial charge is 0.465 e. The van der Waals surface area contributed by atoms with Crippen LogP contribution in [0.1, 0.15) is 53.9 Å². The molecule has 1 N–H and O–H groups in total. The lowest BCUT2D eigenvalue weighted by Crippen LogP contribution is -2.39. The van der Waals surface area contributed by atoms with Crippen molar-refractivity contribution in [2.45, 2.75) is 59.1 Å². The maximum absolute atomic E-state index is 12.9. The predicted molar refractivity (Wildman–Crippen MR) is 90.0 cm³/mol. The number of rotatable bonds is 11. The van der Waals surface area contributed by atoms with Crippen molar-refractivity contribution in [2.24, 2.45) is 17.3 Å². The Morgan fingerprint density at radius 1 is 1.00 bits per heavy atom. The fourth-order valence-corrected chi connectivity index (χ4v) is 2.56. The first-order chi connectivity index (χ1) is 11.7. The van der Waals surface area contributed by atoms with E-state index in [4.69, 9.17) is 9.29 Å². The monoisotopic (exact) mass is 402 g/mol. The van der Waals surface area contributed by atoms with E-state index in [9.17, 15) is 26.8 Å². The van der Waals surface area contributed by atoms with E-state index < -0.39 is 33.4 Å². The van der Waals surface area contributed by atoms with E-state index in [1.165, 1.54) is 0 Å². The summed E-state index contributed by atoms with van der Waals surface area (Å²) in [6.45, 7) is 9.23. The molecule has 7 nitrogen and oxygen atoms in total. The number of hydrogen-bond donors (Lipinski definition) is 1. The molecule has 0 aliphatic heterocycles. The molecule has 0 spiro atoms. The summed E-state index contributed by atoms with van der Waals surface area (Å²) in [6.07, 6.45) is 0.987. The molecular weight excluding hydrogens is 374 g/mol. The highest BCUT2D eigenvalue weighted by atomic mass is 32.2. The molecular formula is C16H28F2O7S. The Labute approximate surface area is 153 Å². The molecule has 0 amide bonds. The van der Waals surface area contributed by atoms with Crippen LogP contribution in [-0.2, 0) is 29.2 Å². The highest BCUT2D eigenvalue weighted by molar-refractivity contribution is 7.87. The lowest BCUT2D eigenvalue weighted by molar-refractivity contribution is -0.163. The van der Waals surface area contributed by atoms with Crippen molar-refractivity contribution in [3.8, 4) is 0 Å². The van der Waals surface area contributed by atoms with Gasteiger partial charge >= 0.3 is 27.3 Å². The van der Waals surface area contributed by atoms with Gasteiger partial charge in [0, 0.05) is 0 Å². The Kier molecular flexibility index (Phi) is 9.11. The molecule has 0 aromatic carbocycles. The second-order valence-electron chi connectivity index (χ2n) is 7.14. The van der Waals surface area contributed by atoms with Gasteiger partial charge in [0.05, 0.1) is 18.6 Å². The molecule has 0 bridgehead atoms. The summed E-state index contributed by atoms with van der Waals surface area (Å²) in [5.41, 5.74) is -0.641. The molecule has 0 radical (unpaired) electrons. The number of unbranched alkanes of at least 4 members (excludes halogenated alkanes) is 1. The number of carbonyl (C=O) groups excluding carboxylic acids is 2. The molecule has 0 heterocycles. The van der Waals surface area contributed by atoms with Crippen LogP contribution in [-0.4, -0.2) is 43.4 Å².